The number of carbonyl (C=O) groups is 1. The third-order valence-electron chi connectivity index (χ3n) is 5.40. The molecule has 4 heteroatoms. The summed E-state index contributed by atoms with van der Waals surface area (Å²) in [5.74, 6) is -0.0229. The lowest BCUT2D eigenvalue weighted by Gasteiger charge is -2.44. The number of likely N-dealkylation sites (N-methyl/N-ethyl adjacent to an activating group) is 1. The number of carboxylic acid groups (broad SMARTS) is 1. The molecule has 0 radical (unpaired) electrons. The Morgan fingerprint density at radius 1 is 1.40 bits per heavy atom. The number of aliphatic carboxylic acids is 1. The van der Waals surface area contributed by atoms with Crippen LogP contribution in [0.4, 0.5) is 0 Å². The fourth-order valence-corrected chi connectivity index (χ4v) is 4.09. The van der Waals surface area contributed by atoms with Crippen LogP contribution in [0.15, 0.2) is 0 Å². The highest BCUT2D eigenvalue weighted by Crippen LogP contribution is 2.40. The molecule has 1 N–H and O–H groups in total. The van der Waals surface area contributed by atoms with Crippen molar-refractivity contribution < 1.29 is 9.90 Å². The molecule has 20 heavy (non-hydrogen) atoms. The maximum atomic E-state index is 11.9. The molecule has 0 aromatic rings. The Morgan fingerprint density at radius 2 is 2.15 bits per heavy atom. The van der Waals surface area contributed by atoms with Gasteiger partial charge in [0.2, 0.25) is 0 Å². The molecule has 0 spiro atoms. The maximum absolute atomic E-state index is 11.9. The van der Waals surface area contributed by atoms with Gasteiger partial charge in [0.15, 0.2) is 0 Å². The maximum Gasteiger partial charge on any atom is 0.310 e. The molecule has 1 saturated heterocycles. The number of carboxylic acids is 1. The lowest BCUT2D eigenvalue weighted by Crippen LogP contribution is -2.55. The Labute approximate surface area is 123 Å². The van der Waals surface area contributed by atoms with E-state index in [4.69, 9.17) is 0 Å². The largest absolute Gasteiger partial charge is 0.481 e. The van der Waals surface area contributed by atoms with Crippen LogP contribution in [0.2, 0.25) is 0 Å². The minimum absolute atomic E-state index is 0.494. The summed E-state index contributed by atoms with van der Waals surface area (Å²) in [6, 6.07) is 0.579. The van der Waals surface area contributed by atoms with Gasteiger partial charge in [-0.2, -0.15) is 0 Å². The van der Waals surface area contributed by atoms with Crippen molar-refractivity contribution in [1.82, 2.24) is 9.80 Å². The van der Waals surface area contributed by atoms with Gasteiger partial charge in [0.1, 0.15) is 0 Å². The second-order valence-corrected chi connectivity index (χ2v) is 7.06. The molecular formula is C16H30N2O2. The Bertz CT molecular complexity index is 347. The predicted octanol–water partition coefficient (Wildman–Crippen LogP) is 2.29. The van der Waals surface area contributed by atoms with Crippen LogP contribution in [-0.4, -0.2) is 60.1 Å². The van der Waals surface area contributed by atoms with Crippen molar-refractivity contribution in [1.29, 1.82) is 0 Å². The van der Waals surface area contributed by atoms with Gasteiger partial charge in [0.25, 0.3) is 0 Å². The van der Waals surface area contributed by atoms with Crippen molar-refractivity contribution in [3.63, 3.8) is 0 Å². The first-order valence-electron chi connectivity index (χ1n) is 8.13. The second kappa shape index (κ2) is 6.44. The number of rotatable bonds is 4. The van der Waals surface area contributed by atoms with Crippen LogP contribution in [0.5, 0.6) is 0 Å². The van der Waals surface area contributed by atoms with Crippen LogP contribution in [0.3, 0.4) is 0 Å². The minimum atomic E-state index is -0.573. The molecule has 3 unspecified atom stereocenters. The Morgan fingerprint density at radius 3 is 2.75 bits per heavy atom. The summed E-state index contributed by atoms with van der Waals surface area (Å²) in [6.45, 7) is 8.27. The lowest BCUT2D eigenvalue weighted by atomic mass is 9.69. The molecule has 0 amide bonds. The van der Waals surface area contributed by atoms with E-state index in [9.17, 15) is 9.90 Å². The van der Waals surface area contributed by atoms with Gasteiger partial charge in [-0.15, -0.1) is 0 Å². The van der Waals surface area contributed by atoms with Crippen LogP contribution in [0.1, 0.15) is 46.0 Å². The van der Waals surface area contributed by atoms with E-state index in [1.165, 1.54) is 6.42 Å². The number of hydrogen-bond acceptors (Lipinski definition) is 3. The highest BCUT2D eigenvalue weighted by atomic mass is 16.4. The summed E-state index contributed by atoms with van der Waals surface area (Å²) in [7, 11) is 2.18. The molecule has 116 valence electrons. The average Bonchev–Trinajstić information content (AvgIpc) is 2.41. The van der Waals surface area contributed by atoms with Gasteiger partial charge in [0.05, 0.1) is 5.41 Å². The van der Waals surface area contributed by atoms with Gasteiger partial charge in [-0.3, -0.25) is 9.69 Å². The van der Waals surface area contributed by atoms with Gasteiger partial charge in [0, 0.05) is 32.2 Å². The van der Waals surface area contributed by atoms with Gasteiger partial charge < -0.3 is 10.0 Å². The first-order valence-corrected chi connectivity index (χ1v) is 8.13. The smallest absolute Gasteiger partial charge is 0.310 e. The molecule has 1 aliphatic heterocycles. The van der Waals surface area contributed by atoms with Crippen molar-refractivity contribution in [2.45, 2.75) is 52.0 Å². The average molecular weight is 282 g/mol. The van der Waals surface area contributed by atoms with E-state index >= 15 is 0 Å². The molecule has 1 aliphatic carbocycles. The zero-order chi connectivity index (χ0) is 14.8. The van der Waals surface area contributed by atoms with E-state index in [1.807, 2.05) is 0 Å². The van der Waals surface area contributed by atoms with Crippen LogP contribution in [0, 0.1) is 11.3 Å². The van der Waals surface area contributed by atoms with Crippen molar-refractivity contribution in [3.8, 4) is 0 Å². The van der Waals surface area contributed by atoms with Crippen molar-refractivity contribution >= 4 is 5.97 Å². The summed E-state index contributed by atoms with van der Waals surface area (Å²) in [5.41, 5.74) is -0.494. The summed E-state index contributed by atoms with van der Waals surface area (Å²) in [5, 5.41) is 9.78. The first-order chi connectivity index (χ1) is 9.47. The normalized spacial score (nSPS) is 37.0. The lowest BCUT2D eigenvalue weighted by molar-refractivity contribution is -0.154. The Kier molecular flexibility index (Phi) is 5.08. The van der Waals surface area contributed by atoms with E-state index in [0.29, 0.717) is 12.0 Å². The zero-order valence-electron chi connectivity index (χ0n) is 13.3. The molecule has 4 nitrogen and oxygen atoms in total. The number of piperazine rings is 1. The fraction of sp³-hybridized carbons (Fsp3) is 0.938. The highest BCUT2D eigenvalue weighted by Gasteiger charge is 2.43. The van der Waals surface area contributed by atoms with Gasteiger partial charge in [-0.05, 0) is 32.2 Å². The summed E-state index contributed by atoms with van der Waals surface area (Å²) in [6.07, 6.45) is 5.11. The quantitative estimate of drug-likeness (QED) is 0.859. The highest BCUT2D eigenvalue weighted by molar-refractivity contribution is 5.75. The molecule has 2 rings (SSSR count). The summed E-state index contributed by atoms with van der Waals surface area (Å²) >= 11 is 0. The topological polar surface area (TPSA) is 43.8 Å². The van der Waals surface area contributed by atoms with Crippen molar-refractivity contribution in [2.24, 2.45) is 11.3 Å². The molecular weight excluding hydrogens is 252 g/mol. The molecule has 0 aromatic heterocycles. The van der Waals surface area contributed by atoms with Crippen LogP contribution in [-0.2, 0) is 4.79 Å². The second-order valence-electron chi connectivity index (χ2n) is 7.06. The monoisotopic (exact) mass is 282 g/mol. The molecule has 3 atom stereocenters. The third-order valence-corrected chi connectivity index (χ3v) is 5.40. The van der Waals surface area contributed by atoms with E-state index in [1.54, 1.807) is 0 Å². The molecule has 1 heterocycles. The van der Waals surface area contributed by atoms with Crippen LogP contribution >= 0.6 is 0 Å². The van der Waals surface area contributed by atoms with E-state index < -0.39 is 11.4 Å². The Hall–Kier alpha value is -0.610. The van der Waals surface area contributed by atoms with Gasteiger partial charge >= 0.3 is 5.97 Å². The Balaban J connectivity index is 2.03. The molecule has 2 fully saturated rings. The molecule has 0 bridgehead atoms. The van der Waals surface area contributed by atoms with Crippen molar-refractivity contribution in [3.05, 3.63) is 0 Å². The predicted molar refractivity (Wildman–Crippen MR) is 80.8 cm³/mol. The van der Waals surface area contributed by atoms with Crippen molar-refractivity contribution in [2.75, 3.05) is 33.2 Å². The minimum Gasteiger partial charge on any atom is -0.481 e. The molecule has 0 aromatic carbocycles. The first kappa shape index (κ1) is 15.8. The van der Waals surface area contributed by atoms with Gasteiger partial charge in [-0.25, -0.2) is 0 Å². The number of nitrogens with zero attached hydrogens (tertiary/aromatic N) is 2. The summed E-state index contributed by atoms with van der Waals surface area (Å²) in [4.78, 5) is 16.7. The zero-order valence-corrected chi connectivity index (χ0v) is 13.3. The standard InChI is InChI=1S/C16H30N2O2/c1-4-14-11-18(9-8-17(14)3)12-16(15(19)20)7-5-6-13(2)10-16/h13-14H,4-12H2,1-3H3,(H,19,20). The van der Waals surface area contributed by atoms with E-state index in [0.717, 1.165) is 51.9 Å². The molecule has 2 aliphatic rings. The van der Waals surface area contributed by atoms with Crippen LogP contribution in [0.25, 0.3) is 0 Å². The van der Waals surface area contributed by atoms with E-state index in [-0.39, 0.29) is 0 Å². The van der Waals surface area contributed by atoms with E-state index in [2.05, 4.69) is 30.7 Å². The fourth-order valence-electron chi connectivity index (χ4n) is 4.09. The van der Waals surface area contributed by atoms with Gasteiger partial charge in [-0.1, -0.05) is 26.7 Å². The SMILES string of the molecule is CCC1CN(CC2(C(=O)O)CCCC(C)C2)CCN1C. The van der Waals surface area contributed by atoms with Crippen LogP contribution < -0.4 is 0 Å². The third kappa shape index (κ3) is 3.34. The number of hydrogen-bond donors (Lipinski definition) is 1. The summed E-state index contributed by atoms with van der Waals surface area (Å²) < 4.78 is 0. The molecule has 1 saturated carbocycles.